The quantitative estimate of drug-likeness (QED) is 0.577. The number of nitrogens with two attached hydrogens (primary N) is 1. The van der Waals surface area contributed by atoms with Crippen LogP contribution in [-0.4, -0.2) is 17.4 Å². The Balaban J connectivity index is 3.42. The van der Waals surface area contributed by atoms with Crippen LogP contribution in [0.25, 0.3) is 0 Å². The Morgan fingerprint density at radius 2 is 1.76 bits per heavy atom. The van der Waals surface area contributed by atoms with Gasteiger partial charge in [-0.2, -0.15) is 5.10 Å². The third kappa shape index (κ3) is 4.48. The van der Waals surface area contributed by atoms with Crippen molar-refractivity contribution in [2.45, 2.75) is 52.4 Å². The van der Waals surface area contributed by atoms with E-state index in [9.17, 15) is 9.90 Å². The maximum absolute atomic E-state index is 10.7. The van der Waals surface area contributed by atoms with Crippen molar-refractivity contribution >= 4 is 12.2 Å². The molecule has 2 amide bonds. The number of carbonyl (C=O) groups excluding carboxylic acids is 1. The molecule has 0 atom stereocenters. The number of hydrazone groups is 1. The zero-order chi connectivity index (χ0) is 16.4. The van der Waals surface area contributed by atoms with Gasteiger partial charge in [-0.25, -0.2) is 10.2 Å². The lowest BCUT2D eigenvalue weighted by Crippen LogP contribution is -2.24. The normalized spacial score (nSPS) is 12.7. The summed E-state index contributed by atoms with van der Waals surface area (Å²) in [5.41, 5.74) is 9.32. The molecular formula is C16H25N3O2. The molecule has 5 nitrogen and oxygen atoms in total. The van der Waals surface area contributed by atoms with E-state index in [4.69, 9.17) is 5.73 Å². The van der Waals surface area contributed by atoms with E-state index < -0.39 is 6.03 Å². The molecule has 21 heavy (non-hydrogen) atoms. The van der Waals surface area contributed by atoms with Gasteiger partial charge in [0.1, 0.15) is 5.75 Å². The molecule has 0 aliphatic carbocycles. The second-order valence-electron chi connectivity index (χ2n) is 7.20. The average Bonchev–Trinajstić information content (AvgIpc) is 2.27. The topological polar surface area (TPSA) is 87.7 Å². The zero-order valence-electron chi connectivity index (χ0n) is 13.6. The van der Waals surface area contributed by atoms with Crippen molar-refractivity contribution in [2.24, 2.45) is 10.8 Å². The number of urea groups is 1. The Kier molecular flexibility index (Phi) is 4.66. The minimum absolute atomic E-state index is 0.0621. The van der Waals surface area contributed by atoms with E-state index in [1.165, 1.54) is 6.21 Å². The molecule has 0 aliphatic rings. The van der Waals surface area contributed by atoms with E-state index in [1.54, 1.807) is 0 Å². The summed E-state index contributed by atoms with van der Waals surface area (Å²) in [4.78, 5) is 10.7. The molecule has 0 aromatic heterocycles. The van der Waals surface area contributed by atoms with Gasteiger partial charge in [-0.1, -0.05) is 47.6 Å². The number of phenolic OH excluding ortho intramolecular Hbond substituents is 1. The highest BCUT2D eigenvalue weighted by atomic mass is 16.3. The van der Waals surface area contributed by atoms with Crippen molar-refractivity contribution in [2.75, 3.05) is 0 Å². The second-order valence-corrected chi connectivity index (χ2v) is 7.20. The number of nitrogens with zero attached hydrogens (tertiary/aromatic N) is 1. The molecule has 0 fully saturated rings. The molecule has 1 rings (SSSR count). The van der Waals surface area contributed by atoms with Crippen LogP contribution >= 0.6 is 0 Å². The molecule has 116 valence electrons. The predicted octanol–water partition coefficient (Wildman–Crippen LogP) is 2.99. The van der Waals surface area contributed by atoms with E-state index in [0.29, 0.717) is 5.56 Å². The van der Waals surface area contributed by atoms with Gasteiger partial charge in [-0.3, -0.25) is 0 Å². The molecule has 5 heteroatoms. The number of primary amides is 1. The minimum Gasteiger partial charge on any atom is -0.507 e. The molecule has 0 radical (unpaired) electrons. The van der Waals surface area contributed by atoms with Gasteiger partial charge in [-0.15, -0.1) is 0 Å². The lowest BCUT2D eigenvalue weighted by Gasteiger charge is -2.26. The molecule has 0 heterocycles. The number of aromatic hydroxyl groups is 1. The highest BCUT2D eigenvalue weighted by Gasteiger charge is 2.24. The van der Waals surface area contributed by atoms with Gasteiger partial charge in [0.15, 0.2) is 0 Å². The molecule has 0 saturated heterocycles. The Morgan fingerprint density at radius 1 is 1.19 bits per heavy atom. The molecular weight excluding hydrogens is 266 g/mol. The molecule has 0 spiro atoms. The zero-order valence-corrected chi connectivity index (χ0v) is 13.6. The average molecular weight is 291 g/mol. The number of benzene rings is 1. The number of amides is 2. The molecule has 1 aromatic rings. The molecule has 0 bridgehead atoms. The summed E-state index contributed by atoms with van der Waals surface area (Å²) in [6.07, 6.45) is 1.41. The summed E-state index contributed by atoms with van der Waals surface area (Å²) < 4.78 is 0. The summed E-state index contributed by atoms with van der Waals surface area (Å²) >= 11 is 0. The van der Waals surface area contributed by atoms with Crippen LogP contribution in [0.15, 0.2) is 17.2 Å². The Bertz CT molecular complexity index is 564. The minimum atomic E-state index is -0.742. The third-order valence-corrected chi connectivity index (χ3v) is 3.19. The van der Waals surface area contributed by atoms with Gasteiger partial charge in [0, 0.05) is 11.1 Å². The predicted molar refractivity (Wildman–Crippen MR) is 85.8 cm³/mol. The Hall–Kier alpha value is -2.04. The van der Waals surface area contributed by atoms with Gasteiger partial charge >= 0.3 is 6.03 Å². The first-order chi connectivity index (χ1) is 9.43. The summed E-state index contributed by atoms with van der Waals surface area (Å²) in [6, 6.07) is 3.15. The van der Waals surface area contributed by atoms with Gasteiger partial charge in [0.25, 0.3) is 0 Å². The van der Waals surface area contributed by atoms with Crippen LogP contribution in [0.2, 0.25) is 0 Å². The van der Waals surface area contributed by atoms with Crippen LogP contribution in [0.3, 0.4) is 0 Å². The van der Waals surface area contributed by atoms with Crippen molar-refractivity contribution < 1.29 is 9.90 Å². The molecule has 4 N–H and O–H groups in total. The van der Waals surface area contributed by atoms with E-state index in [0.717, 1.165) is 11.1 Å². The lowest BCUT2D eigenvalue weighted by molar-refractivity contribution is 0.249. The smallest absolute Gasteiger partial charge is 0.332 e. The van der Waals surface area contributed by atoms with E-state index in [-0.39, 0.29) is 16.6 Å². The van der Waals surface area contributed by atoms with Crippen molar-refractivity contribution in [1.82, 2.24) is 5.43 Å². The van der Waals surface area contributed by atoms with Crippen molar-refractivity contribution in [1.29, 1.82) is 0 Å². The Morgan fingerprint density at radius 3 is 2.19 bits per heavy atom. The summed E-state index contributed by atoms with van der Waals surface area (Å²) in [5, 5.41) is 14.2. The largest absolute Gasteiger partial charge is 0.507 e. The van der Waals surface area contributed by atoms with Crippen molar-refractivity contribution in [3.05, 3.63) is 28.8 Å². The first-order valence-electron chi connectivity index (χ1n) is 6.89. The monoisotopic (exact) mass is 291 g/mol. The standard InChI is InChI=1S/C16H25N3O2/c1-15(2,3)11-7-10(9-18-19-14(17)21)13(20)12(8-11)16(4,5)6/h7-9,20H,1-6H3,(H3,17,19,21)/b18-9+. The number of hydrogen-bond donors (Lipinski definition) is 3. The van der Waals surface area contributed by atoms with Gasteiger partial charge in [0.05, 0.1) is 6.21 Å². The van der Waals surface area contributed by atoms with Gasteiger partial charge < -0.3 is 10.8 Å². The summed E-state index contributed by atoms with van der Waals surface area (Å²) in [6.45, 7) is 12.4. The maximum Gasteiger partial charge on any atom is 0.332 e. The third-order valence-electron chi connectivity index (χ3n) is 3.19. The number of rotatable bonds is 2. The molecule has 0 unspecified atom stereocenters. The fraction of sp³-hybridized carbons (Fsp3) is 0.500. The van der Waals surface area contributed by atoms with Crippen LogP contribution in [0.4, 0.5) is 4.79 Å². The first-order valence-corrected chi connectivity index (χ1v) is 6.89. The summed E-state index contributed by atoms with van der Waals surface area (Å²) in [7, 11) is 0. The van der Waals surface area contributed by atoms with Crippen LogP contribution in [0.1, 0.15) is 58.2 Å². The SMILES string of the molecule is CC(C)(C)c1cc(/C=N/NC(N)=O)c(O)c(C(C)(C)C)c1. The number of carbonyl (C=O) groups is 1. The molecule has 0 aliphatic heterocycles. The van der Waals surface area contributed by atoms with Crippen LogP contribution < -0.4 is 11.2 Å². The molecule has 0 saturated carbocycles. The van der Waals surface area contributed by atoms with Crippen LogP contribution in [0, 0.1) is 0 Å². The van der Waals surface area contributed by atoms with E-state index >= 15 is 0 Å². The molecule has 1 aromatic carbocycles. The highest BCUT2D eigenvalue weighted by molar-refractivity contribution is 5.86. The number of nitrogens with one attached hydrogen (secondary N) is 1. The fourth-order valence-corrected chi connectivity index (χ4v) is 1.93. The maximum atomic E-state index is 10.7. The first kappa shape index (κ1) is 17.0. The summed E-state index contributed by atoms with van der Waals surface area (Å²) in [5.74, 6) is 0.172. The Labute approximate surface area is 126 Å². The van der Waals surface area contributed by atoms with Gasteiger partial charge in [0.2, 0.25) is 0 Å². The van der Waals surface area contributed by atoms with Crippen molar-refractivity contribution in [3.63, 3.8) is 0 Å². The second kappa shape index (κ2) is 5.76. The number of phenols is 1. The van der Waals surface area contributed by atoms with E-state index in [2.05, 4.69) is 31.3 Å². The van der Waals surface area contributed by atoms with Gasteiger partial charge in [-0.05, 0) is 22.5 Å². The van der Waals surface area contributed by atoms with Crippen molar-refractivity contribution in [3.8, 4) is 5.75 Å². The fourth-order valence-electron chi connectivity index (χ4n) is 1.93. The van der Waals surface area contributed by atoms with Crippen LogP contribution in [0.5, 0.6) is 5.75 Å². The highest BCUT2D eigenvalue weighted by Crippen LogP contribution is 2.36. The van der Waals surface area contributed by atoms with E-state index in [1.807, 2.05) is 32.9 Å². The van der Waals surface area contributed by atoms with Crippen LogP contribution in [-0.2, 0) is 10.8 Å². The lowest BCUT2D eigenvalue weighted by atomic mass is 9.79. The number of hydrogen-bond acceptors (Lipinski definition) is 3.